The van der Waals surface area contributed by atoms with E-state index in [0.717, 1.165) is 26.1 Å². The van der Waals surface area contributed by atoms with Gasteiger partial charge in [-0.3, -0.25) is 0 Å². The lowest BCUT2D eigenvalue weighted by Gasteiger charge is -2.18. The van der Waals surface area contributed by atoms with E-state index in [1.165, 1.54) is 11.1 Å². The van der Waals surface area contributed by atoms with Crippen molar-refractivity contribution in [2.75, 3.05) is 13.1 Å². The molecule has 0 fully saturated rings. The Morgan fingerprint density at radius 2 is 2.31 bits per heavy atom. The number of nitrogens with zero attached hydrogens (tertiary/aromatic N) is 1. The largest absolute Gasteiger partial charge is 0.313 e. The highest BCUT2D eigenvalue weighted by Gasteiger charge is 2.16. The Labute approximate surface area is 96.5 Å². The Bertz CT molecular complexity index is 381. The van der Waals surface area contributed by atoms with Crippen molar-refractivity contribution in [1.29, 1.82) is 5.26 Å². The molecule has 2 N–H and O–H groups in total. The minimum Gasteiger partial charge on any atom is -0.313 e. The van der Waals surface area contributed by atoms with Gasteiger partial charge in [0.2, 0.25) is 0 Å². The van der Waals surface area contributed by atoms with E-state index < -0.39 is 0 Å². The van der Waals surface area contributed by atoms with Crippen molar-refractivity contribution in [2.45, 2.75) is 25.4 Å². The number of hydrogen-bond donors (Lipinski definition) is 2. The molecule has 84 valence electrons. The van der Waals surface area contributed by atoms with E-state index in [2.05, 4.69) is 41.0 Å². The van der Waals surface area contributed by atoms with Crippen LogP contribution in [0.3, 0.4) is 0 Å². The summed E-state index contributed by atoms with van der Waals surface area (Å²) in [5.41, 5.74) is 2.75. The molecular formula is C13H17N3. The highest BCUT2D eigenvalue weighted by Crippen LogP contribution is 2.23. The third-order valence-electron chi connectivity index (χ3n) is 2.98. The van der Waals surface area contributed by atoms with Crippen molar-refractivity contribution in [2.24, 2.45) is 0 Å². The van der Waals surface area contributed by atoms with Crippen molar-refractivity contribution in [3.8, 4) is 6.07 Å². The molecule has 0 bridgehead atoms. The number of fused-ring (bicyclic) bond motifs is 1. The first kappa shape index (κ1) is 11.1. The van der Waals surface area contributed by atoms with Gasteiger partial charge in [0.25, 0.3) is 0 Å². The Kier molecular flexibility index (Phi) is 3.92. The maximum atomic E-state index is 8.54. The lowest BCUT2D eigenvalue weighted by atomic mass is 9.99. The van der Waals surface area contributed by atoms with Gasteiger partial charge in [-0.05, 0) is 24.1 Å². The van der Waals surface area contributed by atoms with Crippen LogP contribution < -0.4 is 10.6 Å². The van der Waals surface area contributed by atoms with Crippen molar-refractivity contribution < 1.29 is 0 Å². The van der Waals surface area contributed by atoms with Crippen molar-refractivity contribution in [1.82, 2.24) is 10.6 Å². The standard InChI is InChI=1S/C13H17N3/c14-7-3-8-16-13-6-9-15-10-11-4-1-2-5-12(11)13/h1-2,4-5,13,15-16H,3,6,8-10H2. The molecule has 0 amide bonds. The van der Waals surface area contributed by atoms with Gasteiger partial charge in [0, 0.05) is 25.6 Å². The van der Waals surface area contributed by atoms with E-state index in [-0.39, 0.29) is 0 Å². The Hall–Kier alpha value is -1.37. The predicted molar refractivity (Wildman–Crippen MR) is 63.7 cm³/mol. The number of rotatable bonds is 3. The van der Waals surface area contributed by atoms with E-state index >= 15 is 0 Å². The topological polar surface area (TPSA) is 47.9 Å². The molecule has 0 saturated carbocycles. The smallest absolute Gasteiger partial charge is 0.0635 e. The summed E-state index contributed by atoms with van der Waals surface area (Å²) in [7, 11) is 0. The highest BCUT2D eigenvalue weighted by atomic mass is 14.9. The van der Waals surface area contributed by atoms with Gasteiger partial charge >= 0.3 is 0 Å². The van der Waals surface area contributed by atoms with Crippen LogP contribution >= 0.6 is 0 Å². The Balaban J connectivity index is 2.10. The molecule has 1 unspecified atom stereocenters. The third-order valence-corrected chi connectivity index (χ3v) is 2.98. The maximum absolute atomic E-state index is 8.54. The van der Waals surface area contributed by atoms with Crippen LogP contribution in [0.1, 0.15) is 30.0 Å². The summed E-state index contributed by atoms with van der Waals surface area (Å²) in [6.07, 6.45) is 1.66. The van der Waals surface area contributed by atoms with E-state index in [0.29, 0.717) is 12.5 Å². The van der Waals surface area contributed by atoms with Crippen molar-refractivity contribution in [3.05, 3.63) is 35.4 Å². The molecule has 0 aromatic heterocycles. The minimum absolute atomic E-state index is 0.388. The third kappa shape index (κ3) is 2.60. The lowest BCUT2D eigenvalue weighted by molar-refractivity contribution is 0.503. The van der Waals surface area contributed by atoms with Gasteiger partial charge in [-0.25, -0.2) is 0 Å². The van der Waals surface area contributed by atoms with E-state index in [9.17, 15) is 0 Å². The second-order valence-electron chi connectivity index (χ2n) is 4.08. The molecule has 1 heterocycles. The summed E-state index contributed by atoms with van der Waals surface area (Å²) >= 11 is 0. The first-order valence-corrected chi connectivity index (χ1v) is 5.80. The van der Waals surface area contributed by atoms with Crippen molar-refractivity contribution in [3.63, 3.8) is 0 Å². The highest BCUT2D eigenvalue weighted by molar-refractivity contribution is 5.30. The number of benzene rings is 1. The molecule has 3 heteroatoms. The quantitative estimate of drug-likeness (QED) is 0.755. The average molecular weight is 215 g/mol. The van der Waals surface area contributed by atoms with Gasteiger partial charge < -0.3 is 10.6 Å². The second-order valence-corrected chi connectivity index (χ2v) is 4.08. The molecule has 1 atom stereocenters. The van der Waals surface area contributed by atoms with Crippen LogP contribution in [0.25, 0.3) is 0 Å². The van der Waals surface area contributed by atoms with Gasteiger partial charge in [-0.2, -0.15) is 5.26 Å². The summed E-state index contributed by atoms with van der Waals surface area (Å²) < 4.78 is 0. The van der Waals surface area contributed by atoms with E-state index in [1.54, 1.807) is 0 Å². The van der Waals surface area contributed by atoms with Crippen LogP contribution in [-0.2, 0) is 6.54 Å². The SMILES string of the molecule is N#CCCNC1CCNCc2ccccc21. The monoisotopic (exact) mass is 215 g/mol. The van der Waals surface area contributed by atoms with Crippen LogP contribution in [0.2, 0.25) is 0 Å². The summed E-state index contributed by atoms with van der Waals surface area (Å²) in [6.45, 7) is 2.75. The Morgan fingerprint density at radius 1 is 1.44 bits per heavy atom. The zero-order chi connectivity index (χ0) is 11.2. The van der Waals surface area contributed by atoms with Gasteiger partial charge in [-0.15, -0.1) is 0 Å². The average Bonchev–Trinajstić information content (AvgIpc) is 2.52. The molecule has 0 radical (unpaired) electrons. The lowest BCUT2D eigenvalue weighted by Crippen LogP contribution is -2.23. The predicted octanol–water partition coefficient (Wildman–Crippen LogP) is 1.72. The van der Waals surface area contributed by atoms with Gasteiger partial charge in [0.15, 0.2) is 0 Å². The van der Waals surface area contributed by atoms with Crippen LogP contribution in [-0.4, -0.2) is 13.1 Å². The molecule has 1 aliphatic rings. The fourth-order valence-corrected chi connectivity index (χ4v) is 2.17. The molecule has 16 heavy (non-hydrogen) atoms. The van der Waals surface area contributed by atoms with Crippen LogP contribution in [0.15, 0.2) is 24.3 Å². The zero-order valence-corrected chi connectivity index (χ0v) is 9.37. The fraction of sp³-hybridized carbons (Fsp3) is 0.462. The summed E-state index contributed by atoms with van der Waals surface area (Å²) in [5, 5.41) is 15.4. The molecule has 1 aromatic rings. The van der Waals surface area contributed by atoms with Gasteiger partial charge in [0.05, 0.1) is 6.07 Å². The maximum Gasteiger partial charge on any atom is 0.0635 e. The first-order chi connectivity index (χ1) is 7.92. The van der Waals surface area contributed by atoms with Crippen LogP contribution in [0, 0.1) is 11.3 Å². The van der Waals surface area contributed by atoms with Crippen LogP contribution in [0.4, 0.5) is 0 Å². The van der Waals surface area contributed by atoms with Gasteiger partial charge in [0.1, 0.15) is 0 Å². The van der Waals surface area contributed by atoms with Gasteiger partial charge in [-0.1, -0.05) is 24.3 Å². The molecule has 1 aromatic carbocycles. The van der Waals surface area contributed by atoms with Crippen LogP contribution in [0.5, 0.6) is 0 Å². The number of nitriles is 1. The Morgan fingerprint density at radius 3 is 3.19 bits per heavy atom. The van der Waals surface area contributed by atoms with E-state index in [1.807, 2.05) is 0 Å². The summed E-state index contributed by atoms with van der Waals surface area (Å²) in [6, 6.07) is 11.1. The normalized spacial score (nSPS) is 19.6. The number of nitrogens with one attached hydrogen (secondary N) is 2. The van der Waals surface area contributed by atoms with Crippen molar-refractivity contribution >= 4 is 0 Å². The second kappa shape index (κ2) is 5.64. The molecule has 0 aliphatic carbocycles. The number of hydrogen-bond acceptors (Lipinski definition) is 3. The van der Waals surface area contributed by atoms with E-state index in [4.69, 9.17) is 5.26 Å². The fourth-order valence-electron chi connectivity index (χ4n) is 2.17. The molecule has 3 nitrogen and oxygen atoms in total. The molecule has 0 spiro atoms. The summed E-state index contributed by atoms with van der Waals surface area (Å²) in [5.74, 6) is 0. The molecule has 2 rings (SSSR count). The minimum atomic E-state index is 0.388. The zero-order valence-electron chi connectivity index (χ0n) is 9.37. The molecule has 0 saturated heterocycles. The molecular weight excluding hydrogens is 198 g/mol. The first-order valence-electron chi connectivity index (χ1n) is 5.80. The summed E-state index contributed by atoms with van der Waals surface area (Å²) in [4.78, 5) is 0. The molecule has 1 aliphatic heterocycles.